The number of hydrogen-bond donors (Lipinski definition) is 1. The van der Waals surface area contributed by atoms with Crippen LogP contribution in [0.3, 0.4) is 0 Å². The van der Waals surface area contributed by atoms with Gasteiger partial charge in [-0.2, -0.15) is 5.10 Å². The molecule has 0 radical (unpaired) electrons. The van der Waals surface area contributed by atoms with Crippen LogP contribution in [0.1, 0.15) is 42.2 Å². The van der Waals surface area contributed by atoms with Gasteiger partial charge in [-0.25, -0.2) is 0 Å². The second-order valence-corrected chi connectivity index (χ2v) is 7.65. The summed E-state index contributed by atoms with van der Waals surface area (Å²) < 4.78 is 1.97. The van der Waals surface area contributed by atoms with E-state index in [9.17, 15) is 4.79 Å². The van der Waals surface area contributed by atoms with Crippen molar-refractivity contribution in [1.29, 1.82) is 0 Å². The number of nitrogens with one attached hydrogen (secondary N) is 1. The molecule has 1 unspecified atom stereocenters. The van der Waals surface area contributed by atoms with Gasteiger partial charge in [0.05, 0.1) is 6.04 Å². The van der Waals surface area contributed by atoms with Crippen molar-refractivity contribution in [2.45, 2.75) is 37.8 Å². The first-order valence-corrected chi connectivity index (χ1v) is 10.1. The quantitative estimate of drug-likeness (QED) is 0.902. The predicted molar refractivity (Wildman–Crippen MR) is 107 cm³/mol. The Hall–Kier alpha value is -2.34. The molecule has 1 atom stereocenters. The lowest BCUT2D eigenvalue weighted by atomic mass is 10.0. The van der Waals surface area contributed by atoms with Gasteiger partial charge in [0.1, 0.15) is 5.69 Å². The lowest BCUT2D eigenvalue weighted by Gasteiger charge is -2.37. The van der Waals surface area contributed by atoms with Crippen molar-refractivity contribution >= 4 is 11.6 Å². The number of aromatic nitrogens is 2. The number of rotatable bonds is 4. The molecule has 2 saturated heterocycles. The molecular formula is C21H29N5O. The Balaban J connectivity index is 1.34. The zero-order valence-corrected chi connectivity index (χ0v) is 16.1. The van der Waals surface area contributed by atoms with Crippen LogP contribution in [0.2, 0.25) is 0 Å². The van der Waals surface area contributed by atoms with Crippen LogP contribution in [-0.4, -0.2) is 59.9 Å². The van der Waals surface area contributed by atoms with E-state index in [1.807, 2.05) is 27.9 Å². The molecule has 27 heavy (non-hydrogen) atoms. The Morgan fingerprint density at radius 3 is 2.63 bits per heavy atom. The molecular weight excluding hydrogens is 338 g/mol. The number of benzene rings is 1. The summed E-state index contributed by atoms with van der Waals surface area (Å²) in [6.45, 7) is 3.60. The van der Waals surface area contributed by atoms with Crippen LogP contribution in [0.5, 0.6) is 0 Å². The highest BCUT2D eigenvalue weighted by molar-refractivity contribution is 5.92. The summed E-state index contributed by atoms with van der Waals surface area (Å²) in [5.41, 5.74) is 1.82. The summed E-state index contributed by atoms with van der Waals surface area (Å²) in [4.78, 5) is 17.2. The van der Waals surface area contributed by atoms with Crippen molar-refractivity contribution in [1.82, 2.24) is 20.0 Å². The van der Waals surface area contributed by atoms with Gasteiger partial charge in [-0.1, -0.05) is 18.2 Å². The monoisotopic (exact) mass is 367 g/mol. The third-order valence-corrected chi connectivity index (χ3v) is 5.94. The first-order chi connectivity index (χ1) is 13.2. The second kappa shape index (κ2) is 8.13. The smallest absolute Gasteiger partial charge is 0.274 e. The molecule has 144 valence electrons. The number of carbonyl (C=O) groups is 1. The third-order valence-electron chi connectivity index (χ3n) is 5.94. The molecule has 0 bridgehead atoms. The average Bonchev–Trinajstić information content (AvgIpc) is 3.24. The summed E-state index contributed by atoms with van der Waals surface area (Å²) in [5, 5.41) is 7.99. The van der Waals surface area contributed by atoms with Crippen LogP contribution >= 0.6 is 0 Å². The van der Waals surface area contributed by atoms with Crippen LogP contribution in [0.15, 0.2) is 42.6 Å². The molecule has 1 N–H and O–H groups in total. The molecule has 0 aliphatic carbocycles. The number of piperidine rings is 2. The average molecular weight is 367 g/mol. The fourth-order valence-corrected chi connectivity index (χ4v) is 4.21. The largest absolute Gasteiger partial charge is 0.371 e. The summed E-state index contributed by atoms with van der Waals surface area (Å²) in [6.07, 6.45) is 6.23. The fraction of sp³-hybridized carbons (Fsp3) is 0.524. The van der Waals surface area contributed by atoms with Crippen LogP contribution < -0.4 is 10.2 Å². The predicted octanol–water partition coefficient (Wildman–Crippen LogP) is 2.55. The molecule has 0 saturated carbocycles. The second-order valence-electron chi connectivity index (χ2n) is 7.65. The van der Waals surface area contributed by atoms with Crippen LogP contribution in [0.4, 0.5) is 5.69 Å². The van der Waals surface area contributed by atoms with E-state index in [2.05, 4.69) is 46.6 Å². The Morgan fingerprint density at radius 1 is 1.15 bits per heavy atom. The van der Waals surface area contributed by atoms with Crippen molar-refractivity contribution < 1.29 is 4.79 Å². The van der Waals surface area contributed by atoms with Gasteiger partial charge in [0, 0.05) is 44.6 Å². The summed E-state index contributed by atoms with van der Waals surface area (Å²) >= 11 is 0. The first kappa shape index (κ1) is 18.0. The van der Waals surface area contributed by atoms with Crippen molar-refractivity contribution in [2.75, 3.05) is 38.1 Å². The zero-order chi connectivity index (χ0) is 18.6. The number of likely N-dealkylation sites (tertiary alicyclic amines) is 1. The van der Waals surface area contributed by atoms with Crippen LogP contribution in [0.25, 0.3) is 0 Å². The zero-order valence-electron chi connectivity index (χ0n) is 16.1. The van der Waals surface area contributed by atoms with E-state index >= 15 is 0 Å². The van der Waals surface area contributed by atoms with E-state index in [4.69, 9.17) is 0 Å². The normalized spacial score (nSPS) is 21.2. The van der Waals surface area contributed by atoms with Crippen molar-refractivity contribution in [2.24, 2.45) is 0 Å². The number of carbonyl (C=O) groups excluding carboxylic acids is 1. The number of hydrogen-bond acceptors (Lipinski definition) is 4. The van der Waals surface area contributed by atoms with Gasteiger partial charge in [-0.3, -0.25) is 9.48 Å². The van der Waals surface area contributed by atoms with Gasteiger partial charge in [0.2, 0.25) is 0 Å². The molecule has 2 aromatic rings. The minimum absolute atomic E-state index is 0.0679. The SMILES string of the molecule is CN(c1ccccc1)C1CCN(C(=O)c2ccn(C3CCCNC3)n2)CC1. The molecule has 2 fully saturated rings. The third kappa shape index (κ3) is 4.00. The van der Waals surface area contributed by atoms with Crippen LogP contribution in [-0.2, 0) is 0 Å². The van der Waals surface area contributed by atoms with E-state index in [1.165, 1.54) is 5.69 Å². The maximum Gasteiger partial charge on any atom is 0.274 e. The van der Waals surface area contributed by atoms with Gasteiger partial charge in [-0.05, 0) is 50.4 Å². The van der Waals surface area contributed by atoms with E-state index in [0.717, 1.165) is 51.9 Å². The van der Waals surface area contributed by atoms with Gasteiger partial charge in [0.25, 0.3) is 5.91 Å². The Labute approximate surface area is 161 Å². The highest BCUT2D eigenvalue weighted by Gasteiger charge is 2.27. The minimum Gasteiger partial charge on any atom is -0.371 e. The van der Waals surface area contributed by atoms with E-state index < -0.39 is 0 Å². The minimum atomic E-state index is 0.0679. The number of nitrogens with zero attached hydrogens (tertiary/aromatic N) is 4. The highest BCUT2D eigenvalue weighted by atomic mass is 16.2. The van der Waals surface area contributed by atoms with Gasteiger partial charge in [-0.15, -0.1) is 0 Å². The number of para-hydroxylation sites is 1. The van der Waals surface area contributed by atoms with Gasteiger partial charge >= 0.3 is 0 Å². The lowest BCUT2D eigenvalue weighted by molar-refractivity contribution is 0.0706. The topological polar surface area (TPSA) is 53.4 Å². The maximum absolute atomic E-state index is 12.9. The molecule has 2 aliphatic rings. The van der Waals surface area contributed by atoms with Crippen molar-refractivity contribution in [3.63, 3.8) is 0 Å². The molecule has 6 heteroatoms. The molecule has 1 aromatic carbocycles. The Bertz CT molecular complexity index is 745. The molecule has 4 rings (SSSR count). The number of anilines is 1. The summed E-state index contributed by atoms with van der Waals surface area (Å²) in [6, 6.07) is 13.2. The molecule has 3 heterocycles. The highest BCUT2D eigenvalue weighted by Crippen LogP contribution is 2.23. The molecule has 2 aliphatic heterocycles. The van der Waals surface area contributed by atoms with Gasteiger partial charge < -0.3 is 15.1 Å². The fourth-order valence-electron chi connectivity index (χ4n) is 4.21. The Kier molecular flexibility index (Phi) is 5.43. The molecule has 1 amide bonds. The molecule has 6 nitrogen and oxygen atoms in total. The molecule has 0 spiro atoms. The standard InChI is InChI=1S/C21H29N5O/c1-24(17-6-3-2-4-7-17)18-9-13-25(14-10-18)21(27)20-11-15-26(23-20)19-8-5-12-22-16-19/h2-4,6-7,11,15,18-19,22H,5,8-10,12-14,16H2,1H3. The van der Waals surface area contributed by atoms with Gasteiger partial charge in [0.15, 0.2) is 0 Å². The van der Waals surface area contributed by atoms with E-state index in [1.54, 1.807) is 0 Å². The molecule has 1 aromatic heterocycles. The first-order valence-electron chi connectivity index (χ1n) is 10.1. The summed E-state index contributed by atoms with van der Waals surface area (Å²) in [5.74, 6) is 0.0679. The lowest BCUT2D eigenvalue weighted by Crippen LogP contribution is -2.45. The van der Waals surface area contributed by atoms with E-state index in [0.29, 0.717) is 17.8 Å². The summed E-state index contributed by atoms with van der Waals surface area (Å²) in [7, 11) is 2.15. The van der Waals surface area contributed by atoms with E-state index in [-0.39, 0.29) is 5.91 Å². The van der Waals surface area contributed by atoms with Crippen molar-refractivity contribution in [3.8, 4) is 0 Å². The van der Waals surface area contributed by atoms with Crippen LogP contribution in [0, 0.1) is 0 Å². The Morgan fingerprint density at radius 2 is 1.93 bits per heavy atom. The maximum atomic E-state index is 12.9. The number of amides is 1. The van der Waals surface area contributed by atoms with Crippen molar-refractivity contribution in [3.05, 3.63) is 48.3 Å².